The second-order valence-corrected chi connectivity index (χ2v) is 5.62. The van der Waals surface area contributed by atoms with Gasteiger partial charge in [-0.15, -0.1) is 0 Å². The van der Waals surface area contributed by atoms with Crippen molar-refractivity contribution < 1.29 is 13.3 Å². The van der Waals surface area contributed by atoms with Crippen molar-refractivity contribution in [3.63, 3.8) is 0 Å². The number of hydrogen-bond donors (Lipinski definition) is 1. The van der Waals surface area contributed by atoms with Crippen molar-refractivity contribution in [1.29, 1.82) is 0 Å². The molecule has 0 aromatic carbocycles. The number of sulfonamides is 1. The average Bonchev–Trinajstić information content (AvgIpc) is 2.39. The van der Waals surface area contributed by atoms with E-state index in [0.29, 0.717) is 0 Å². The van der Waals surface area contributed by atoms with E-state index < -0.39 is 26.5 Å². The van der Waals surface area contributed by atoms with Gasteiger partial charge in [-0.3, -0.25) is 19.8 Å². The monoisotopic (exact) mass is 314 g/mol. The Morgan fingerprint density at radius 1 is 1.30 bits per heavy atom. The highest BCUT2D eigenvalue weighted by Gasteiger charge is 2.22. The van der Waals surface area contributed by atoms with Crippen LogP contribution in [0.25, 0.3) is 0 Å². The van der Waals surface area contributed by atoms with E-state index in [0.717, 1.165) is 12.3 Å². The number of rotatable bonds is 4. The molecule has 104 valence electrons. The maximum atomic E-state index is 12.0. The minimum atomic E-state index is -4.02. The zero-order chi connectivity index (χ0) is 14.8. The van der Waals surface area contributed by atoms with Gasteiger partial charge in [0.05, 0.1) is 4.92 Å². The molecule has 8 nitrogen and oxygen atoms in total. The highest BCUT2D eigenvalue weighted by atomic mass is 35.5. The topological polar surface area (TPSA) is 115 Å². The van der Waals surface area contributed by atoms with Gasteiger partial charge < -0.3 is 0 Å². The molecule has 0 unspecified atom stereocenters. The molecule has 0 aliphatic carbocycles. The van der Waals surface area contributed by atoms with Crippen LogP contribution in [0.1, 0.15) is 0 Å². The molecule has 2 aromatic rings. The Balaban J connectivity index is 2.44. The number of anilines is 1. The van der Waals surface area contributed by atoms with Crippen LogP contribution in [-0.4, -0.2) is 23.3 Å². The summed E-state index contributed by atoms with van der Waals surface area (Å²) in [5.41, 5.74) is -0.498. The first-order valence-corrected chi connectivity index (χ1v) is 7.00. The predicted molar refractivity (Wildman–Crippen MR) is 70.9 cm³/mol. The molecule has 0 radical (unpaired) electrons. The first kappa shape index (κ1) is 14.2. The zero-order valence-electron chi connectivity index (χ0n) is 9.72. The summed E-state index contributed by atoms with van der Waals surface area (Å²) in [7, 11) is -4.02. The molecule has 2 heterocycles. The van der Waals surface area contributed by atoms with E-state index in [9.17, 15) is 18.5 Å². The predicted octanol–water partition coefficient (Wildman–Crippen LogP) is 1.84. The number of nitrogens with zero attached hydrogens (tertiary/aromatic N) is 3. The lowest BCUT2D eigenvalue weighted by Crippen LogP contribution is -2.15. The smallest absolute Gasteiger partial charge is 0.263 e. The summed E-state index contributed by atoms with van der Waals surface area (Å²) in [6.45, 7) is 0. The Morgan fingerprint density at radius 2 is 2.05 bits per heavy atom. The number of hydrogen-bond acceptors (Lipinski definition) is 6. The number of aromatic nitrogens is 2. The molecule has 1 N–H and O–H groups in total. The molecular formula is C10H7ClN4O4S. The van der Waals surface area contributed by atoms with Crippen molar-refractivity contribution in [2.24, 2.45) is 0 Å². The number of pyridine rings is 2. The van der Waals surface area contributed by atoms with Gasteiger partial charge in [-0.1, -0.05) is 11.6 Å². The number of nitrogens with one attached hydrogen (secondary N) is 1. The summed E-state index contributed by atoms with van der Waals surface area (Å²) in [5, 5.41) is 10.8. The second-order valence-electron chi connectivity index (χ2n) is 3.55. The molecule has 0 aliphatic heterocycles. The summed E-state index contributed by atoms with van der Waals surface area (Å²) in [4.78, 5) is 17.2. The fraction of sp³-hybridized carbons (Fsp3) is 0. The fourth-order valence-corrected chi connectivity index (χ4v) is 2.47. The zero-order valence-corrected chi connectivity index (χ0v) is 11.3. The highest BCUT2D eigenvalue weighted by Crippen LogP contribution is 2.26. The van der Waals surface area contributed by atoms with Crippen LogP contribution in [0.5, 0.6) is 0 Å². The normalized spacial score (nSPS) is 11.1. The van der Waals surface area contributed by atoms with Gasteiger partial charge in [0.2, 0.25) is 5.82 Å². The summed E-state index contributed by atoms with van der Waals surface area (Å²) in [6.07, 6.45) is 2.51. The number of halogens is 1. The van der Waals surface area contributed by atoms with E-state index in [1.165, 1.54) is 24.4 Å². The van der Waals surface area contributed by atoms with Crippen LogP contribution in [0.4, 0.5) is 11.5 Å². The molecule has 20 heavy (non-hydrogen) atoms. The first-order chi connectivity index (χ1) is 9.40. The third-order valence-electron chi connectivity index (χ3n) is 2.21. The molecule has 0 atom stereocenters. The Hall–Kier alpha value is -2.26. The maximum Gasteiger partial charge on any atom is 0.312 e. The van der Waals surface area contributed by atoms with Gasteiger partial charge in [-0.05, 0) is 18.2 Å². The Morgan fingerprint density at radius 3 is 2.65 bits per heavy atom. The minimum Gasteiger partial charge on any atom is -0.263 e. The number of nitro groups is 1. The van der Waals surface area contributed by atoms with E-state index >= 15 is 0 Å². The Labute approximate surface area is 118 Å². The van der Waals surface area contributed by atoms with E-state index in [2.05, 4.69) is 9.97 Å². The summed E-state index contributed by atoms with van der Waals surface area (Å²) < 4.78 is 26.1. The third-order valence-corrected chi connectivity index (χ3v) is 3.75. The molecule has 10 heteroatoms. The van der Waals surface area contributed by atoms with Crippen LogP contribution in [0.2, 0.25) is 5.15 Å². The SMILES string of the molecule is O=[N+]([O-])c1ccc(Cl)nc1NS(=O)(=O)c1cccnc1. The standard InChI is InChI=1S/C10H7ClN4O4S/c11-9-4-3-8(15(16)17)10(13-9)14-20(18,19)7-2-1-5-12-6-7/h1-6H,(H,13,14). The lowest BCUT2D eigenvalue weighted by atomic mass is 10.4. The van der Waals surface area contributed by atoms with Crippen LogP contribution in [-0.2, 0) is 10.0 Å². The molecule has 2 rings (SSSR count). The quantitative estimate of drug-likeness (QED) is 0.523. The molecule has 0 bridgehead atoms. The van der Waals surface area contributed by atoms with E-state index in [4.69, 9.17) is 11.6 Å². The summed E-state index contributed by atoms with van der Waals surface area (Å²) in [6, 6.07) is 4.98. The van der Waals surface area contributed by atoms with Gasteiger partial charge in [0.15, 0.2) is 0 Å². The lowest BCUT2D eigenvalue weighted by molar-refractivity contribution is -0.384. The molecule has 0 saturated carbocycles. The van der Waals surface area contributed by atoms with Gasteiger partial charge in [0, 0.05) is 18.5 Å². The minimum absolute atomic E-state index is 0.0699. The van der Waals surface area contributed by atoms with Crippen molar-refractivity contribution in [3.8, 4) is 0 Å². The molecule has 2 aromatic heterocycles. The van der Waals surface area contributed by atoms with Crippen LogP contribution in [0.3, 0.4) is 0 Å². The maximum absolute atomic E-state index is 12.0. The van der Waals surface area contributed by atoms with Crippen molar-refractivity contribution >= 4 is 33.1 Å². The molecule has 0 aliphatic rings. The van der Waals surface area contributed by atoms with Crippen LogP contribution in [0, 0.1) is 10.1 Å². The van der Waals surface area contributed by atoms with Crippen LogP contribution < -0.4 is 4.72 Å². The largest absolute Gasteiger partial charge is 0.312 e. The molecule has 0 amide bonds. The van der Waals surface area contributed by atoms with Gasteiger partial charge in [-0.25, -0.2) is 13.4 Å². The van der Waals surface area contributed by atoms with Crippen LogP contribution in [0.15, 0.2) is 41.6 Å². The van der Waals surface area contributed by atoms with Gasteiger partial charge in [0.25, 0.3) is 10.0 Å². The van der Waals surface area contributed by atoms with Crippen molar-refractivity contribution in [3.05, 3.63) is 51.9 Å². The van der Waals surface area contributed by atoms with Crippen molar-refractivity contribution in [2.75, 3.05) is 4.72 Å². The molecule has 0 spiro atoms. The van der Waals surface area contributed by atoms with Crippen molar-refractivity contribution in [2.45, 2.75) is 4.90 Å². The van der Waals surface area contributed by atoms with E-state index in [1.807, 2.05) is 4.72 Å². The summed E-state index contributed by atoms with van der Waals surface area (Å²) in [5.74, 6) is -0.452. The third kappa shape index (κ3) is 3.00. The molecular weight excluding hydrogens is 308 g/mol. The van der Waals surface area contributed by atoms with Crippen LogP contribution >= 0.6 is 11.6 Å². The lowest BCUT2D eigenvalue weighted by Gasteiger charge is -2.07. The second kappa shape index (κ2) is 5.39. The molecule has 0 fully saturated rings. The summed E-state index contributed by atoms with van der Waals surface area (Å²) >= 11 is 5.62. The average molecular weight is 315 g/mol. The fourth-order valence-electron chi connectivity index (χ4n) is 1.34. The van der Waals surface area contributed by atoms with E-state index in [-0.39, 0.29) is 10.0 Å². The molecule has 0 saturated heterocycles. The van der Waals surface area contributed by atoms with Crippen molar-refractivity contribution in [1.82, 2.24) is 9.97 Å². The highest BCUT2D eigenvalue weighted by molar-refractivity contribution is 7.92. The Bertz CT molecular complexity index is 751. The van der Waals surface area contributed by atoms with E-state index in [1.54, 1.807) is 0 Å². The Kier molecular flexibility index (Phi) is 3.81. The first-order valence-electron chi connectivity index (χ1n) is 5.14. The van der Waals surface area contributed by atoms with Gasteiger partial charge in [0.1, 0.15) is 10.0 Å². The van der Waals surface area contributed by atoms with Gasteiger partial charge >= 0.3 is 5.69 Å². The van der Waals surface area contributed by atoms with Gasteiger partial charge in [-0.2, -0.15) is 0 Å².